The van der Waals surface area contributed by atoms with Crippen molar-refractivity contribution in [2.24, 2.45) is 0 Å². The van der Waals surface area contributed by atoms with Gasteiger partial charge in [0.2, 0.25) is 5.91 Å². The van der Waals surface area contributed by atoms with Gasteiger partial charge in [0.25, 0.3) is 5.91 Å². The first-order valence-corrected chi connectivity index (χ1v) is 5.79. The van der Waals surface area contributed by atoms with E-state index in [4.69, 9.17) is 0 Å². The minimum atomic E-state index is -1.39. The fourth-order valence-electron chi connectivity index (χ4n) is 0.940. The maximum absolute atomic E-state index is 11.4. The monoisotopic (exact) mass is 305 g/mol. The second kappa shape index (κ2) is 4.94. The number of nitrogens with one attached hydrogen (secondary N) is 1. The topological polar surface area (TPSA) is 63.2 Å². The molecule has 0 saturated carbocycles. The van der Waals surface area contributed by atoms with Gasteiger partial charge in [-0.05, 0) is 12.1 Å². The van der Waals surface area contributed by atoms with Crippen LogP contribution in [0.3, 0.4) is 0 Å². The van der Waals surface area contributed by atoms with E-state index in [0.717, 1.165) is 0 Å². The summed E-state index contributed by atoms with van der Waals surface area (Å²) in [6.45, 7) is 1.26. The lowest BCUT2D eigenvalue weighted by atomic mass is 10.2. The number of carbonyl (C=O) groups is 2. The van der Waals surface area contributed by atoms with Crippen LogP contribution in [0.25, 0.3) is 0 Å². The molecule has 0 aliphatic carbocycles. The van der Waals surface area contributed by atoms with E-state index in [2.05, 4.69) is 5.32 Å². The van der Waals surface area contributed by atoms with Crippen LogP contribution in [0.4, 0.5) is 0 Å². The number of benzene rings is 1. The Hall–Kier alpha value is -1.11. The molecule has 0 bridgehead atoms. The van der Waals surface area contributed by atoms with Crippen LogP contribution in [0.15, 0.2) is 24.3 Å². The van der Waals surface area contributed by atoms with Crippen molar-refractivity contribution >= 4 is 33.0 Å². The molecule has 74 valence electrons. The lowest BCUT2D eigenvalue weighted by Crippen LogP contribution is -2.28. The van der Waals surface area contributed by atoms with E-state index >= 15 is 0 Å². The van der Waals surface area contributed by atoms with Crippen molar-refractivity contribution in [1.82, 2.24) is 5.32 Å². The van der Waals surface area contributed by atoms with Crippen molar-refractivity contribution in [3.63, 3.8) is 0 Å². The first-order chi connectivity index (χ1) is 6.65. The average Bonchev–Trinajstić information content (AvgIpc) is 2.16. The van der Waals surface area contributed by atoms with Crippen LogP contribution in [0.5, 0.6) is 0 Å². The van der Waals surface area contributed by atoms with Crippen molar-refractivity contribution in [1.29, 1.82) is 0 Å². The standard InChI is InChI=1S/C9H8INO3/c1-6(12)11-9(13)7-4-2-3-5-8(7)10-14/h2-5H,1H3,(H,11,12,13). The summed E-state index contributed by atoms with van der Waals surface area (Å²) < 4.78 is 11.3. The minimum absolute atomic E-state index is 0.311. The maximum Gasteiger partial charge on any atom is 0.258 e. The first-order valence-electron chi connectivity index (χ1n) is 3.83. The van der Waals surface area contributed by atoms with Crippen molar-refractivity contribution in [2.45, 2.75) is 6.92 Å². The Kier molecular flexibility index (Phi) is 3.87. The minimum Gasteiger partial charge on any atom is -0.293 e. The van der Waals surface area contributed by atoms with Gasteiger partial charge in [-0.25, -0.2) is 0 Å². The van der Waals surface area contributed by atoms with Crippen molar-refractivity contribution in [3.05, 3.63) is 33.4 Å². The van der Waals surface area contributed by atoms with Crippen molar-refractivity contribution in [3.8, 4) is 0 Å². The van der Waals surface area contributed by atoms with Gasteiger partial charge in [-0.2, -0.15) is 0 Å². The fraction of sp³-hybridized carbons (Fsp3) is 0.111. The number of carbonyl (C=O) groups excluding carboxylic acids is 2. The molecule has 0 radical (unpaired) electrons. The third kappa shape index (κ3) is 2.69. The highest BCUT2D eigenvalue weighted by molar-refractivity contribution is 14.1. The van der Waals surface area contributed by atoms with E-state index in [1.165, 1.54) is 6.92 Å². The van der Waals surface area contributed by atoms with Gasteiger partial charge in [0.1, 0.15) is 0 Å². The summed E-state index contributed by atoms with van der Waals surface area (Å²) in [5.41, 5.74) is 0.311. The second-order valence-corrected chi connectivity index (χ2v) is 4.17. The molecule has 4 nitrogen and oxygen atoms in total. The normalized spacial score (nSPS) is 9.50. The summed E-state index contributed by atoms with van der Waals surface area (Å²) in [5, 5.41) is 2.13. The summed E-state index contributed by atoms with van der Waals surface area (Å²) in [6.07, 6.45) is 0. The van der Waals surface area contributed by atoms with E-state index < -0.39 is 33.0 Å². The van der Waals surface area contributed by atoms with Crippen LogP contribution >= 0.6 is 21.2 Å². The molecule has 1 rings (SSSR count). The van der Waals surface area contributed by atoms with Crippen LogP contribution in [-0.4, -0.2) is 11.8 Å². The number of imide groups is 1. The SMILES string of the molecule is CC(=O)NC(=O)c1ccccc1I=O. The summed E-state index contributed by atoms with van der Waals surface area (Å²) in [6, 6.07) is 6.54. The largest absolute Gasteiger partial charge is 0.293 e. The van der Waals surface area contributed by atoms with Crippen molar-refractivity contribution in [2.75, 3.05) is 0 Å². The maximum atomic E-state index is 11.4. The van der Waals surface area contributed by atoms with Crippen LogP contribution in [0, 0.1) is 3.57 Å². The zero-order valence-electron chi connectivity index (χ0n) is 7.41. The van der Waals surface area contributed by atoms with Crippen LogP contribution < -0.4 is 5.32 Å². The molecule has 0 aliphatic rings. The Balaban J connectivity index is 2.99. The molecule has 2 amide bonds. The molecule has 0 saturated heterocycles. The summed E-state index contributed by atoms with van der Waals surface area (Å²) in [4.78, 5) is 22.0. The van der Waals surface area contributed by atoms with E-state index in [1.54, 1.807) is 24.3 Å². The third-order valence-corrected chi connectivity index (χ3v) is 2.91. The number of amides is 2. The molecule has 1 aromatic carbocycles. The zero-order valence-corrected chi connectivity index (χ0v) is 9.57. The molecule has 1 aromatic rings. The Morgan fingerprint density at radius 1 is 1.29 bits per heavy atom. The quantitative estimate of drug-likeness (QED) is 0.841. The summed E-state index contributed by atoms with van der Waals surface area (Å²) >= 11 is -1.39. The predicted molar refractivity (Wildman–Crippen MR) is 58.0 cm³/mol. The molecule has 0 heterocycles. The second-order valence-electron chi connectivity index (χ2n) is 2.57. The highest BCUT2D eigenvalue weighted by Crippen LogP contribution is 2.15. The Morgan fingerprint density at radius 2 is 1.93 bits per heavy atom. The van der Waals surface area contributed by atoms with Gasteiger partial charge in [0.05, 0.1) is 9.13 Å². The van der Waals surface area contributed by atoms with Crippen molar-refractivity contribution < 1.29 is 12.7 Å². The van der Waals surface area contributed by atoms with E-state index in [1.807, 2.05) is 0 Å². The molecular weight excluding hydrogens is 297 g/mol. The first kappa shape index (κ1) is 11.0. The average molecular weight is 305 g/mol. The molecular formula is C9H8INO3. The summed E-state index contributed by atoms with van der Waals surface area (Å²) in [7, 11) is 0. The number of halogens is 1. The van der Waals surface area contributed by atoms with E-state index in [-0.39, 0.29) is 0 Å². The van der Waals surface area contributed by atoms with Gasteiger partial charge in [-0.3, -0.25) is 18.0 Å². The lowest BCUT2D eigenvalue weighted by Gasteiger charge is -2.02. The zero-order chi connectivity index (χ0) is 10.6. The van der Waals surface area contributed by atoms with Gasteiger partial charge in [-0.1, -0.05) is 12.1 Å². The number of hydrogen-bond donors (Lipinski definition) is 1. The van der Waals surface area contributed by atoms with Gasteiger partial charge in [0.15, 0.2) is 21.2 Å². The molecule has 0 fully saturated rings. The Labute approximate surface area is 91.3 Å². The molecule has 0 unspecified atom stereocenters. The van der Waals surface area contributed by atoms with E-state index in [0.29, 0.717) is 9.13 Å². The Bertz CT molecular complexity index is 389. The number of hydrogen-bond acceptors (Lipinski definition) is 3. The molecule has 0 spiro atoms. The lowest BCUT2D eigenvalue weighted by molar-refractivity contribution is -0.118. The highest BCUT2D eigenvalue weighted by Gasteiger charge is 2.11. The molecule has 1 N–H and O–H groups in total. The van der Waals surface area contributed by atoms with Crippen LogP contribution in [0.1, 0.15) is 17.3 Å². The highest BCUT2D eigenvalue weighted by atomic mass is 127. The number of rotatable bonds is 2. The summed E-state index contributed by atoms with van der Waals surface area (Å²) in [5.74, 6) is -0.919. The van der Waals surface area contributed by atoms with Gasteiger partial charge < -0.3 is 0 Å². The molecule has 0 aromatic heterocycles. The molecule has 5 heteroatoms. The van der Waals surface area contributed by atoms with E-state index in [9.17, 15) is 12.7 Å². The fourth-order valence-corrected chi connectivity index (χ4v) is 1.96. The molecule has 14 heavy (non-hydrogen) atoms. The third-order valence-electron chi connectivity index (χ3n) is 1.49. The Morgan fingerprint density at radius 3 is 2.50 bits per heavy atom. The van der Waals surface area contributed by atoms with Gasteiger partial charge in [0, 0.05) is 6.92 Å². The van der Waals surface area contributed by atoms with Crippen LogP contribution in [-0.2, 0) is 7.86 Å². The van der Waals surface area contributed by atoms with Gasteiger partial charge in [-0.15, -0.1) is 0 Å². The smallest absolute Gasteiger partial charge is 0.258 e. The molecule has 0 aliphatic heterocycles. The van der Waals surface area contributed by atoms with Gasteiger partial charge >= 0.3 is 0 Å². The predicted octanol–water partition coefficient (Wildman–Crippen LogP) is 1.45. The van der Waals surface area contributed by atoms with Crippen LogP contribution in [0.2, 0.25) is 0 Å². The molecule has 0 atom stereocenters.